The van der Waals surface area contributed by atoms with Crippen molar-refractivity contribution in [1.82, 2.24) is 9.13 Å². The molecule has 0 fully saturated rings. The quantitative estimate of drug-likeness (QED) is 0.146. The van der Waals surface area contributed by atoms with Crippen LogP contribution in [0.5, 0.6) is 0 Å². The van der Waals surface area contributed by atoms with Gasteiger partial charge in [0.15, 0.2) is 0 Å². The summed E-state index contributed by atoms with van der Waals surface area (Å²) in [4.78, 5) is 15.6. The van der Waals surface area contributed by atoms with Crippen molar-refractivity contribution in [2.45, 2.75) is 39.8 Å². The molecule has 2 N–H and O–H groups in total. The first kappa shape index (κ1) is 30.0. The highest BCUT2D eigenvalue weighted by Gasteiger charge is 2.19. The number of hydrogen-bond acceptors (Lipinski definition) is 5. The minimum atomic E-state index is 0.120. The van der Waals surface area contributed by atoms with Crippen LogP contribution < -0.4 is 15.5 Å². The molecule has 0 saturated heterocycles. The van der Waals surface area contributed by atoms with E-state index in [2.05, 4.69) is 103 Å². The van der Waals surface area contributed by atoms with E-state index in [-0.39, 0.29) is 10.9 Å². The maximum atomic E-state index is 12.4. The van der Waals surface area contributed by atoms with Crippen molar-refractivity contribution in [3.63, 3.8) is 0 Å². The second-order valence-electron chi connectivity index (χ2n) is 10.3. The zero-order valence-electron chi connectivity index (χ0n) is 24.7. The van der Waals surface area contributed by atoms with Crippen molar-refractivity contribution < 1.29 is 0 Å². The number of nitrogens with two attached hydrogens (primary N) is 1. The summed E-state index contributed by atoms with van der Waals surface area (Å²) >= 11 is 2.97. The highest BCUT2D eigenvalue weighted by Crippen LogP contribution is 2.36. The maximum absolute atomic E-state index is 12.4. The van der Waals surface area contributed by atoms with Crippen LogP contribution in [0.25, 0.3) is 43.4 Å². The molecule has 43 heavy (non-hydrogen) atoms. The predicted molar refractivity (Wildman–Crippen MR) is 183 cm³/mol. The molecule has 6 rings (SSSR count). The smallest absolute Gasteiger partial charge is 0.308 e. The van der Waals surface area contributed by atoms with Crippen LogP contribution in [-0.2, 0) is 6.54 Å². The Morgan fingerprint density at radius 1 is 0.651 bits per heavy atom. The molecule has 2 aromatic heterocycles. The Morgan fingerprint density at radius 3 is 1.49 bits per heavy atom. The predicted octanol–water partition coefficient (Wildman–Crippen LogP) is 8.89. The van der Waals surface area contributed by atoms with Gasteiger partial charge in [0.05, 0.1) is 21.1 Å². The number of hydrogen-bond donors (Lipinski definition) is 1. The Balaban J connectivity index is 0.000000171. The summed E-state index contributed by atoms with van der Waals surface area (Å²) in [5.74, 6) is 5.64. The van der Waals surface area contributed by atoms with Crippen LogP contribution in [-0.4, -0.2) is 9.13 Å². The molecule has 4 aromatic carbocycles. The number of thiazole rings is 2. The summed E-state index contributed by atoms with van der Waals surface area (Å²) in [6, 6.07) is 41.4. The Kier molecular flexibility index (Phi) is 9.87. The van der Waals surface area contributed by atoms with Crippen molar-refractivity contribution in [2.75, 3.05) is 0 Å². The van der Waals surface area contributed by atoms with Gasteiger partial charge in [-0.15, -0.1) is 0 Å². The first-order valence-electron chi connectivity index (χ1n) is 14.5. The lowest BCUT2D eigenvalue weighted by atomic mass is 10.1. The Labute approximate surface area is 260 Å². The monoisotopic (exact) mass is 604 g/mol. The van der Waals surface area contributed by atoms with E-state index in [1.165, 1.54) is 33.0 Å². The topological polar surface area (TPSA) is 65.3 Å². The minimum absolute atomic E-state index is 0.120. The molecular formula is C36H36N4OS2. The van der Waals surface area contributed by atoms with Gasteiger partial charge in [-0.3, -0.25) is 9.36 Å². The summed E-state index contributed by atoms with van der Waals surface area (Å²) in [5, 5.41) is 4.01. The highest BCUT2D eigenvalue weighted by molar-refractivity contribution is 7.13. The third-order valence-electron chi connectivity index (χ3n) is 6.99. The zero-order valence-corrected chi connectivity index (χ0v) is 26.3. The van der Waals surface area contributed by atoms with E-state index >= 15 is 0 Å². The first-order valence-corrected chi connectivity index (χ1v) is 16.1. The van der Waals surface area contributed by atoms with E-state index in [1.54, 1.807) is 11.3 Å². The molecule has 7 heteroatoms. The fourth-order valence-corrected chi connectivity index (χ4v) is 7.36. The van der Waals surface area contributed by atoms with Crippen molar-refractivity contribution in [3.05, 3.63) is 136 Å². The van der Waals surface area contributed by atoms with Crippen LogP contribution in [0.4, 0.5) is 0 Å². The first-order chi connectivity index (χ1) is 21.0. The summed E-state index contributed by atoms with van der Waals surface area (Å²) in [7, 11) is 0. The second kappa shape index (κ2) is 14.1. The summed E-state index contributed by atoms with van der Waals surface area (Å²) < 4.78 is 4.12. The summed E-state index contributed by atoms with van der Waals surface area (Å²) in [6.45, 7) is 7.17. The average molecular weight is 605 g/mol. The second-order valence-corrected chi connectivity index (χ2v) is 12.3. The number of rotatable bonds is 7. The van der Waals surface area contributed by atoms with Crippen molar-refractivity contribution in [2.24, 2.45) is 10.9 Å². The molecule has 0 spiro atoms. The fourth-order valence-electron chi connectivity index (χ4n) is 5.11. The van der Waals surface area contributed by atoms with Crippen molar-refractivity contribution in [1.29, 1.82) is 0 Å². The zero-order chi connectivity index (χ0) is 30.2. The van der Waals surface area contributed by atoms with Gasteiger partial charge < -0.3 is 10.4 Å². The van der Waals surface area contributed by atoms with Crippen LogP contribution in [0.15, 0.2) is 131 Å². The minimum Gasteiger partial charge on any atom is -0.320 e. The average Bonchev–Trinajstić information content (AvgIpc) is 3.61. The van der Waals surface area contributed by atoms with Crippen LogP contribution in [0, 0.1) is 0 Å². The SMILES string of the molecule is CC(C)n1c(-c2ccccc2)c(-c2ccccc2)s/c1=N\N.CCCn1c(-c2ccccc2)c(-c2ccccc2)sc1=O. The van der Waals surface area contributed by atoms with E-state index in [0.717, 1.165) is 39.5 Å². The van der Waals surface area contributed by atoms with Gasteiger partial charge in [-0.25, -0.2) is 0 Å². The third-order valence-corrected chi connectivity index (χ3v) is 9.14. The normalized spacial score (nSPS) is 11.4. The van der Waals surface area contributed by atoms with E-state index < -0.39 is 0 Å². The Morgan fingerprint density at radius 2 is 1.07 bits per heavy atom. The molecule has 0 saturated carbocycles. The molecule has 2 heterocycles. The van der Waals surface area contributed by atoms with Crippen molar-refractivity contribution in [3.8, 4) is 43.4 Å². The van der Waals surface area contributed by atoms with Crippen molar-refractivity contribution >= 4 is 22.7 Å². The molecule has 0 aliphatic heterocycles. The van der Waals surface area contributed by atoms with Crippen LogP contribution in [0.3, 0.4) is 0 Å². The molecule has 218 valence electrons. The fraction of sp³-hybridized carbons (Fsp3) is 0.167. The van der Waals surface area contributed by atoms with Gasteiger partial charge in [-0.05, 0) is 42.5 Å². The molecule has 0 atom stereocenters. The van der Waals surface area contributed by atoms with Gasteiger partial charge in [0.2, 0.25) is 4.80 Å². The number of benzene rings is 4. The maximum Gasteiger partial charge on any atom is 0.308 e. The van der Waals surface area contributed by atoms with Gasteiger partial charge >= 0.3 is 4.87 Å². The summed E-state index contributed by atoms with van der Waals surface area (Å²) in [6.07, 6.45) is 0.949. The Bertz CT molecular complexity index is 1870. The van der Waals surface area contributed by atoms with Gasteiger partial charge in [-0.1, -0.05) is 151 Å². The van der Waals surface area contributed by atoms with Crippen LogP contribution >= 0.6 is 22.7 Å². The van der Waals surface area contributed by atoms with Crippen LogP contribution in [0.1, 0.15) is 33.2 Å². The van der Waals surface area contributed by atoms with Gasteiger partial charge in [0.1, 0.15) is 0 Å². The van der Waals surface area contributed by atoms with E-state index in [9.17, 15) is 4.79 Å². The van der Waals surface area contributed by atoms with Crippen LogP contribution in [0.2, 0.25) is 0 Å². The van der Waals surface area contributed by atoms with E-state index in [4.69, 9.17) is 5.84 Å². The largest absolute Gasteiger partial charge is 0.320 e. The molecule has 0 aliphatic rings. The summed E-state index contributed by atoms with van der Waals surface area (Å²) in [5.41, 5.74) is 6.79. The van der Waals surface area contributed by atoms with E-state index in [1.807, 2.05) is 53.1 Å². The molecule has 0 unspecified atom stereocenters. The lowest BCUT2D eigenvalue weighted by Gasteiger charge is -2.14. The molecule has 6 aromatic rings. The molecule has 0 bridgehead atoms. The third kappa shape index (κ3) is 6.63. The van der Waals surface area contributed by atoms with E-state index in [0.29, 0.717) is 0 Å². The molecular weight excluding hydrogens is 569 g/mol. The highest BCUT2D eigenvalue weighted by atomic mass is 32.1. The Hall–Kier alpha value is -4.46. The molecule has 0 aliphatic carbocycles. The van der Waals surface area contributed by atoms with Gasteiger partial charge in [0.25, 0.3) is 0 Å². The lowest BCUT2D eigenvalue weighted by molar-refractivity contribution is 0.588. The number of nitrogens with zero attached hydrogens (tertiary/aromatic N) is 3. The number of aromatic nitrogens is 2. The van der Waals surface area contributed by atoms with Gasteiger partial charge in [0, 0.05) is 12.6 Å². The standard InChI is InChI=1S/C18H19N3S.C18H17NOS/c1-13(2)21-16(14-9-5-3-6-10-14)17(22-18(21)20-19)15-11-7-4-8-12-15;1-2-13-19-16(14-9-5-3-6-10-14)17(21-18(19)20)15-11-7-4-8-12-15/h3-13H,19H2,1-2H3;3-12H,2,13H2,1H3/b20-18-;. The molecule has 0 radical (unpaired) electrons. The molecule has 0 amide bonds. The lowest BCUT2D eigenvalue weighted by Crippen LogP contribution is -2.19. The van der Waals surface area contributed by atoms with Gasteiger partial charge in [-0.2, -0.15) is 5.10 Å². The molecule has 5 nitrogen and oxygen atoms in total.